The number of nitrogen functional groups attached to an aromatic ring is 1. The molecule has 0 radical (unpaired) electrons. The Morgan fingerprint density at radius 1 is 1.06 bits per heavy atom. The molecule has 3 aromatic carbocycles. The van der Waals surface area contributed by atoms with Crippen molar-refractivity contribution in [2.75, 3.05) is 29.6 Å². The summed E-state index contributed by atoms with van der Waals surface area (Å²) in [4.78, 5) is 45.8. The fraction of sp³-hybridized carbons (Fsp3) is 0.368. The highest BCUT2D eigenvalue weighted by Gasteiger charge is 2.38. The summed E-state index contributed by atoms with van der Waals surface area (Å²) in [5, 5.41) is 23.5. The van der Waals surface area contributed by atoms with Gasteiger partial charge < -0.3 is 30.9 Å². The molecule has 1 saturated carbocycles. The minimum absolute atomic E-state index is 0.0234. The molecule has 1 aliphatic carbocycles. The van der Waals surface area contributed by atoms with Gasteiger partial charge in [-0.25, -0.2) is 23.0 Å². The van der Waals surface area contributed by atoms with Crippen LogP contribution in [0.3, 0.4) is 0 Å². The van der Waals surface area contributed by atoms with Gasteiger partial charge in [-0.15, -0.1) is 0 Å². The Morgan fingerprint density at radius 2 is 1.77 bits per heavy atom. The van der Waals surface area contributed by atoms with E-state index >= 15 is 0 Å². The maximum absolute atomic E-state index is 14.4. The van der Waals surface area contributed by atoms with Gasteiger partial charge in [-0.3, -0.25) is 4.79 Å². The number of rotatable bonds is 11. The number of hydrogen-bond acceptors (Lipinski definition) is 10. The van der Waals surface area contributed by atoms with Crippen LogP contribution in [0.25, 0.3) is 10.8 Å². The Bertz CT molecular complexity index is 2130. The van der Waals surface area contributed by atoms with Gasteiger partial charge in [-0.1, -0.05) is 25.1 Å². The molecule has 0 spiro atoms. The number of aryl methyl sites for hydroxylation is 1. The smallest absolute Gasteiger partial charge is 0.425 e. The number of likely N-dealkylation sites (N-methyl/N-ethyl adjacent to an activating group) is 1. The van der Waals surface area contributed by atoms with Gasteiger partial charge in [0.05, 0.1) is 10.1 Å². The topological polar surface area (TPSA) is 192 Å². The summed E-state index contributed by atoms with van der Waals surface area (Å²) in [6.07, 6.45) is -0.0983. The molecule has 3 amide bonds. The number of fused-ring (bicyclic) bond motifs is 1. The molecule has 14 heteroatoms. The number of carbonyl (C=O) groups is 3. The van der Waals surface area contributed by atoms with E-state index in [1.165, 1.54) is 17.2 Å². The number of carbonyl (C=O) groups excluding carboxylic acids is 2. The summed E-state index contributed by atoms with van der Waals surface area (Å²) in [5.41, 5.74) is 8.85. The standard InChI is InChI=1S/C38H45N5O8S/c1-22-17-25(7-12-30(22)23(2)21-44)33(35(45)42(6)20-26-18-27(39)8-14-32(26)52(49,50)29-10-11-29)41-28-9-13-31-24(19-28)15-16-40-34(31)43(36(46)47)37(48)51-38(3,4)5/h7-9,12-19,23,29,33,41,44H,10-11,20-21,39H2,1-6H3,(H,46,47)/t23-,33?/m0/s1. The summed E-state index contributed by atoms with van der Waals surface area (Å²) < 4.78 is 31.9. The number of hydrogen-bond donors (Lipinski definition) is 4. The van der Waals surface area contributed by atoms with Crippen molar-refractivity contribution in [1.82, 2.24) is 9.88 Å². The zero-order chi connectivity index (χ0) is 38.1. The lowest BCUT2D eigenvalue weighted by molar-refractivity contribution is -0.131. The van der Waals surface area contributed by atoms with Gasteiger partial charge in [0.15, 0.2) is 15.7 Å². The summed E-state index contributed by atoms with van der Waals surface area (Å²) in [5.74, 6) is -0.623. The monoisotopic (exact) mass is 731 g/mol. The van der Waals surface area contributed by atoms with Gasteiger partial charge in [-0.2, -0.15) is 4.90 Å². The molecule has 13 nitrogen and oxygen atoms in total. The number of aromatic nitrogens is 1. The first-order valence-corrected chi connectivity index (χ1v) is 18.5. The zero-order valence-electron chi connectivity index (χ0n) is 30.1. The van der Waals surface area contributed by atoms with E-state index in [1.807, 2.05) is 32.0 Å². The van der Waals surface area contributed by atoms with Gasteiger partial charge in [0.1, 0.15) is 11.6 Å². The van der Waals surface area contributed by atoms with Crippen LogP contribution in [0.15, 0.2) is 71.8 Å². The lowest BCUT2D eigenvalue weighted by Crippen LogP contribution is -2.40. The SMILES string of the molecule is Cc1cc(C(Nc2ccc3c(N(C(=O)O)C(=O)OC(C)(C)C)nccc3c2)C(=O)N(C)Cc2cc(N)ccc2S(=O)(=O)C2CC2)ccc1[C@@H](C)CO. The number of nitrogens with one attached hydrogen (secondary N) is 1. The summed E-state index contributed by atoms with van der Waals surface area (Å²) in [7, 11) is -1.99. The van der Waals surface area contributed by atoms with Crippen LogP contribution in [0.1, 0.15) is 74.8 Å². The molecule has 276 valence electrons. The maximum Gasteiger partial charge on any atom is 0.425 e. The number of carboxylic acid groups (broad SMARTS) is 1. The summed E-state index contributed by atoms with van der Waals surface area (Å²) in [6, 6.07) is 15.9. The Labute approximate surface area is 303 Å². The van der Waals surface area contributed by atoms with Crippen molar-refractivity contribution < 1.29 is 37.8 Å². The molecule has 1 aliphatic rings. The van der Waals surface area contributed by atoms with Crippen molar-refractivity contribution in [3.05, 3.63) is 89.1 Å². The first-order valence-electron chi connectivity index (χ1n) is 16.9. The zero-order valence-corrected chi connectivity index (χ0v) is 30.9. The molecular formula is C38H45N5O8S. The first-order chi connectivity index (χ1) is 24.4. The lowest BCUT2D eigenvalue weighted by atomic mass is 9.93. The predicted octanol–water partition coefficient (Wildman–Crippen LogP) is 6.39. The molecule has 0 saturated heterocycles. The van der Waals surface area contributed by atoms with Gasteiger partial charge in [0.25, 0.3) is 0 Å². The third kappa shape index (κ3) is 8.29. The van der Waals surface area contributed by atoms with Crippen LogP contribution in [0.5, 0.6) is 0 Å². The molecule has 1 unspecified atom stereocenters. The number of nitrogens with zero attached hydrogens (tertiary/aromatic N) is 3. The number of aliphatic hydroxyl groups is 1. The Hall–Kier alpha value is -5.21. The largest absolute Gasteiger partial charge is 0.464 e. The molecule has 1 heterocycles. The van der Waals surface area contributed by atoms with Gasteiger partial charge in [0, 0.05) is 49.1 Å². The number of ether oxygens (including phenoxy) is 1. The van der Waals surface area contributed by atoms with Gasteiger partial charge in [0.2, 0.25) is 5.91 Å². The molecule has 0 aliphatic heterocycles. The number of aliphatic hydroxyl groups excluding tert-OH is 1. The molecule has 52 heavy (non-hydrogen) atoms. The first kappa shape index (κ1) is 38.0. The van der Waals surface area contributed by atoms with Crippen LogP contribution >= 0.6 is 0 Å². The van der Waals surface area contributed by atoms with Crippen LogP contribution in [-0.2, 0) is 25.9 Å². The number of benzene rings is 3. The van der Waals surface area contributed by atoms with Crippen molar-refractivity contribution in [3.63, 3.8) is 0 Å². The Morgan fingerprint density at radius 3 is 2.38 bits per heavy atom. The predicted molar refractivity (Wildman–Crippen MR) is 199 cm³/mol. The maximum atomic E-state index is 14.4. The quantitative estimate of drug-likeness (QED) is 0.125. The molecule has 2 atom stereocenters. The molecule has 1 fully saturated rings. The van der Waals surface area contributed by atoms with E-state index in [-0.39, 0.29) is 35.7 Å². The number of pyridine rings is 1. The number of anilines is 3. The average Bonchev–Trinajstić information content (AvgIpc) is 3.92. The summed E-state index contributed by atoms with van der Waals surface area (Å²) >= 11 is 0. The third-order valence-corrected chi connectivity index (χ3v) is 11.2. The summed E-state index contributed by atoms with van der Waals surface area (Å²) in [6.45, 7) is 8.62. The van der Waals surface area contributed by atoms with E-state index in [2.05, 4.69) is 10.3 Å². The Balaban J connectivity index is 1.52. The van der Waals surface area contributed by atoms with Gasteiger partial charge >= 0.3 is 12.2 Å². The van der Waals surface area contributed by atoms with E-state index in [0.29, 0.717) is 51.0 Å². The average molecular weight is 732 g/mol. The molecule has 1 aromatic heterocycles. The number of sulfone groups is 1. The fourth-order valence-corrected chi connectivity index (χ4v) is 7.95. The lowest BCUT2D eigenvalue weighted by Gasteiger charge is -2.27. The highest BCUT2D eigenvalue weighted by Crippen LogP contribution is 2.36. The highest BCUT2D eigenvalue weighted by atomic mass is 32.2. The minimum atomic E-state index is -3.58. The van der Waals surface area contributed by atoms with Crippen LogP contribution in [-0.4, -0.2) is 71.1 Å². The van der Waals surface area contributed by atoms with Crippen molar-refractivity contribution in [3.8, 4) is 0 Å². The molecule has 4 aromatic rings. The van der Waals surface area contributed by atoms with Crippen molar-refractivity contribution in [2.45, 2.75) is 81.7 Å². The van der Waals surface area contributed by atoms with E-state index in [0.717, 1.165) is 11.1 Å². The minimum Gasteiger partial charge on any atom is -0.464 e. The number of imide groups is 1. The van der Waals surface area contributed by atoms with Gasteiger partial charge in [-0.05, 0) is 111 Å². The number of nitrogens with two attached hydrogens (primary N) is 1. The second-order valence-electron chi connectivity index (χ2n) is 14.3. The second kappa shape index (κ2) is 14.8. The van der Waals surface area contributed by atoms with Crippen LogP contribution in [0, 0.1) is 6.92 Å². The normalized spacial score (nSPS) is 14.4. The van der Waals surface area contributed by atoms with Crippen LogP contribution in [0.4, 0.5) is 26.8 Å². The molecule has 5 rings (SSSR count). The second-order valence-corrected chi connectivity index (χ2v) is 16.4. The number of amides is 3. The van der Waals surface area contributed by atoms with Crippen molar-refractivity contribution >= 4 is 55.9 Å². The van der Waals surface area contributed by atoms with Crippen molar-refractivity contribution in [2.24, 2.45) is 0 Å². The van der Waals surface area contributed by atoms with E-state index < -0.39 is 38.9 Å². The fourth-order valence-electron chi connectivity index (χ4n) is 6.09. The van der Waals surface area contributed by atoms with E-state index in [9.17, 15) is 33.0 Å². The van der Waals surface area contributed by atoms with E-state index in [4.69, 9.17) is 10.5 Å². The van der Waals surface area contributed by atoms with E-state index in [1.54, 1.807) is 64.2 Å². The Kier molecular flexibility index (Phi) is 10.8. The molecular weight excluding hydrogens is 687 g/mol. The highest BCUT2D eigenvalue weighted by molar-refractivity contribution is 7.92. The van der Waals surface area contributed by atoms with Crippen LogP contribution in [0.2, 0.25) is 0 Å². The van der Waals surface area contributed by atoms with Crippen molar-refractivity contribution in [1.29, 1.82) is 0 Å². The third-order valence-electron chi connectivity index (χ3n) is 8.85. The molecule has 5 N–H and O–H groups in total. The molecule has 0 bridgehead atoms. The van der Waals surface area contributed by atoms with Crippen LogP contribution < -0.4 is 16.0 Å².